The molecule has 0 aliphatic heterocycles. The minimum absolute atomic E-state index is 0.0480. The van der Waals surface area contributed by atoms with Gasteiger partial charge in [-0.1, -0.05) is 60.7 Å². The van der Waals surface area contributed by atoms with Crippen molar-refractivity contribution in [2.45, 2.75) is 12.8 Å². The smallest absolute Gasteiger partial charge is 0.245 e. The van der Waals surface area contributed by atoms with Gasteiger partial charge in [0.25, 0.3) is 0 Å². The number of hydrogen-bond donors (Lipinski definition) is 3. The van der Waals surface area contributed by atoms with E-state index in [-0.39, 0.29) is 24.7 Å². The minimum Gasteiger partial charge on any atom is -0.332 e. The van der Waals surface area contributed by atoms with Crippen LogP contribution in [0.25, 0.3) is 22.3 Å². The Morgan fingerprint density at radius 3 is 2.17 bits per heavy atom. The molecule has 0 bridgehead atoms. The predicted octanol–water partition coefficient (Wildman–Crippen LogP) is 4.37. The fourth-order valence-electron chi connectivity index (χ4n) is 3.86. The van der Waals surface area contributed by atoms with Crippen LogP contribution in [0.4, 0.5) is 10.8 Å². The van der Waals surface area contributed by atoms with Crippen LogP contribution < -0.4 is 16.2 Å². The number of carbonyl (C=O) groups excluding carboxylic acids is 2. The van der Waals surface area contributed by atoms with Crippen LogP contribution >= 0.6 is 11.3 Å². The topological polar surface area (TPSA) is 101 Å². The molecule has 9 heteroatoms. The largest absolute Gasteiger partial charge is 0.332 e. The number of carbonyl (C=O) groups is 2. The fourth-order valence-corrected chi connectivity index (χ4v) is 4.86. The molecule has 3 N–H and O–H groups in total. The van der Waals surface area contributed by atoms with E-state index < -0.39 is 0 Å². The fraction of sp³-hybridized carbons (Fsp3) is 0.111. The molecule has 0 radical (unpaired) electrons. The summed E-state index contributed by atoms with van der Waals surface area (Å²) in [7, 11) is 1.87. The van der Waals surface area contributed by atoms with Crippen LogP contribution in [0, 0.1) is 0 Å². The first-order chi connectivity index (χ1) is 17.6. The van der Waals surface area contributed by atoms with Gasteiger partial charge in [-0.2, -0.15) is 0 Å². The third-order valence-electron chi connectivity index (χ3n) is 5.63. The number of hydrazine groups is 1. The zero-order valence-electron chi connectivity index (χ0n) is 19.6. The molecule has 0 spiro atoms. The molecule has 5 rings (SSSR count). The van der Waals surface area contributed by atoms with E-state index in [4.69, 9.17) is 4.98 Å². The van der Waals surface area contributed by atoms with Crippen molar-refractivity contribution in [1.29, 1.82) is 0 Å². The molecule has 2 amide bonds. The third-order valence-corrected chi connectivity index (χ3v) is 6.60. The highest BCUT2D eigenvalue weighted by molar-refractivity contribution is 7.16. The quantitative estimate of drug-likeness (QED) is 0.291. The lowest BCUT2D eigenvalue weighted by Crippen LogP contribution is -2.43. The van der Waals surface area contributed by atoms with E-state index in [0.717, 1.165) is 32.9 Å². The van der Waals surface area contributed by atoms with Crippen molar-refractivity contribution in [3.63, 3.8) is 0 Å². The molecule has 3 aromatic carbocycles. The minimum atomic E-state index is -0.347. The van der Waals surface area contributed by atoms with E-state index in [1.807, 2.05) is 96.5 Å². The highest BCUT2D eigenvalue weighted by atomic mass is 32.1. The van der Waals surface area contributed by atoms with E-state index in [1.54, 1.807) is 0 Å². The van der Waals surface area contributed by atoms with E-state index in [9.17, 15) is 9.59 Å². The van der Waals surface area contributed by atoms with Crippen molar-refractivity contribution in [1.82, 2.24) is 25.4 Å². The van der Waals surface area contributed by atoms with Crippen LogP contribution in [-0.2, 0) is 29.5 Å². The summed E-state index contributed by atoms with van der Waals surface area (Å²) in [5, 5.41) is 3.99. The second kappa shape index (κ2) is 10.4. The van der Waals surface area contributed by atoms with Gasteiger partial charge >= 0.3 is 0 Å². The summed E-state index contributed by atoms with van der Waals surface area (Å²) < 4.78 is 1.88. The van der Waals surface area contributed by atoms with Crippen LogP contribution in [0.5, 0.6) is 0 Å². The van der Waals surface area contributed by atoms with Crippen molar-refractivity contribution in [2.24, 2.45) is 7.05 Å². The van der Waals surface area contributed by atoms with Crippen molar-refractivity contribution < 1.29 is 9.59 Å². The number of aromatic nitrogens is 3. The van der Waals surface area contributed by atoms with Crippen molar-refractivity contribution >= 4 is 45.0 Å². The van der Waals surface area contributed by atoms with Crippen LogP contribution in [-0.4, -0.2) is 26.3 Å². The Morgan fingerprint density at radius 2 is 1.44 bits per heavy atom. The number of benzene rings is 3. The Bertz CT molecular complexity index is 1510. The summed E-state index contributed by atoms with van der Waals surface area (Å²) in [5.74, 6) is -0.0605. The molecule has 2 heterocycles. The third kappa shape index (κ3) is 5.26. The molecular weight excluding hydrogens is 472 g/mol. The number of nitrogens with one attached hydrogen (secondary N) is 3. The predicted molar refractivity (Wildman–Crippen MR) is 142 cm³/mol. The molecule has 0 saturated carbocycles. The Morgan fingerprint density at radius 1 is 0.806 bits per heavy atom. The number of para-hydroxylation sites is 3. The van der Waals surface area contributed by atoms with Gasteiger partial charge in [-0.25, -0.2) is 9.97 Å². The van der Waals surface area contributed by atoms with Gasteiger partial charge in [-0.3, -0.25) is 20.4 Å². The summed E-state index contributed by atoms with van der Waals surface area (Å²) in [6.45, 7) is 0. The second-order valence-electron chi connectivity index (χ2n) is 8.17. The van der Waals surface area contributed by atoms with Crippen LogP contribution in [0.15, 0.2) is 84.9 Å². The van der Waals surface area contributed by atoms with Gasteiger partial charge in [-0.15, -0.1) is 11.3 Å². The molecule has 0 atom stereocenters. The maximum atomic E-state index is 12.7. The maximum absolute atomic E-state index is 12.7. The molecule has 5 aromatic rings. The second-order valence-corrected chi connectivity index (χ2v) is 9.26. The summed E-state index contributed by atoms with van der Waals surface area (Å²) in [4.78, 5) is 35.3. The lowest BCUT2D eigenvalue weighted by atomic mass is 10.1. The Hall–Kier alpha value is -4.50. The van der Waals surface area contributed by atoms with Gasteiger partial charge in [0, 0.05) is 23.2 Å². The Labute approximate surface area is 212 Å². The first-order valence-corrected chi connectivity index (χ1v) is 12.2. The van der Waals surface area contributed by atoms with Gasteiger partial charge in [0.1, 0.15) is 5.82 Å². The summed E-state index contributed by atoms with van der Waals surface area (Å²) in [6, 6.07) is 27.2. The SMILES string of the molecule is Cn1c(CC(=O)NNC(=O)Cc2sc(Nc3ccccc3)nc2-c2ccccc2)nc2ccccc21. The van der Waals surface area contributed by atoms with E-state index in [0.29, 0.717) is 11.0 Å². The number of hydrogen-bond acceptors (Lipinski definition) is 6. The Kier molecular flexibility index (Phi) is 6.72. The molecule has 0 saturated heterocycles. The molecule has 8 nitrogen and oxygen atoms in total. The number of thiazole rings is 1. The molecule has 0 fully saturated rings. The molecule has 0 aliphatic rings. The van der Waals surface area contributed by atoms with Crippen LogP contribution in [0.3, 0.4) is 0 Å². The zero-order chi connectivity index (χ0) is 24.9. The van der Waals surface area contributed by atoms with E-state index in [1.165, 1.54) is 11.3 Å². The first-order valence-electron chi connectivity index (χ1n) is 11.4. The normalized spacial score (nSPS) is 10.8. The van der Waals surface area contributed by atoms with Crippen molar-refractivity contribution in [2.75, 3.05) is 5.32 Å². The van der Waals surface area contributed by atoms with Crippen molar-refractivity contribution in [3.8, 4) is 11.3 Å². The van der Waals surface area contributed by atoms with E-state index in [2.05, 4.69) is 21.2 Å². The number of imidazole rings is 1. The summed E-state index contributed by atoms with van der Waals surface area (Å²) in [6.07, 6.45) is 0.122. The number of rotatable bonds is 7. The van der Waals surface area contributed by atoms with Crippen LogP contribution in [0.1, 0.15) is 10.7 Å². The van der Waals surface area contributed by atoms with Crippen LogP contribution in [0.2, 0.25) is 0 Å². The summed E-state index contributed by atoms with van der Waals surface area (Å²) >= 11 is 1.41. The highest BCUT2D eigenvalue weighted by Gasteiger charge is 2.18. The van der Waals surface area contributed by atoms with Gasteiger partial charge in [-0.05, 0) is 24.3 Å². The average Bonchev–Trinajstić information content (AvgIpc) is 3.44. The lowest BCUT2D eigenvalue weighted by Gasteiger charge is -2.08. The molecular formula is C27H24N6O2S. The molecule has 0 aliphatic carbocycles. The maximum Gasteiger partial charge on any atom is 0.245 e. The average molecular weight is 497 g/mol. The number of aryl methyl sites for hydroxylation is 1. The number of anilines is 2. The van der Waals surface area contributed by atoms with Gasteiger partial charge in [0.15, 0.2) is 5.13 Å². The summed E-state index contributed by atoms with van der Waals surface area (Å²) in [5.41, 5.74) is 9.37. The standard InChI is InChI=1S/C27H24N6O2S/c1-33-21-15-9-8-14-20(21)29-23(33)17-25(35)32-31-24(34)16-22-26(18-10-4-2-5-11-18)30-27(36-22)28-19-12-6-3-7-13-19/h2-15H,16-17H2,1H3,(H,28,30)(H,31,34)(H,32,35). The van der Waals surface area contributed by atoms with Gasteiger partial charge in [0.2, 0.25) is 11.8 Å². The van der Waals surface area contributed by atoms with Gasteiger partial charge in [0.05, 0.1) is 29.6 Å². The lowest BCUT2D eigenvalue weighted by molar-refractivity contribution is -0.128. The Balaban J connectivity index is 1.25. The molecule has 180 valence electrons. The molecule has 2 aromatic heterocycles. The number of nitrogens with zero attached hydrogens (tertiary/aromatic N) is 3. The van der Waals surface area contributed by atoms with Crippen molar-refractivity contribution in [3.05, 3.63) is 95.6 Å². The van der Waals surface area contributed by atoms with E-state index >= 15 is 0 Å². The zero-order valence-corrected chi connectivity index (χ0v) is 20.4. The molecule has 36 heavy (non-hydrogen) atoms. The number of amides is 2. The number of fused-ring (bicyclic) bond motifs is 1. The highest BCUT2D eigenvalue weighted by Crippen LogP contribution is 2.33. The first kappa shape index (κ1) is 23.3. The monoisotopic (exact) mass is 496 g/mol. The molecule has 0 unspecified atom stereocenters. The van der Waals surface area contributed by atoms with Gasteiger partial charge < -0.3 is 9.88 Å².